The van der Waals surface area contributed by atoms with Crippen LogP contribution < -0.4 is 10.6 Å². The number of hydrogen-bond acceptors (Lipinski definition) is 2. The van der Waals surface area contributed by atoms with Gasteiger partial charge < -0.3 is 10.6 Å². The zero-order valence-corrected chi connectivity index (χ0v) is 10.3. The van der Waals surface area contributed by atoms with Gasteiger partial charge in [0.15, 0.2) is 0 Å². The number of nitrogens with one attached hydrogen (secondary N) is 2. The van der Waals surface area contributed by atoms with Crippen LogP contribution in [-0.4, -0.2) is 24.0 Å². The van der Waals surface area contributed by atoms with Gasteiger partial charge in [-0.05, 0) is 39.2 Å². The van der Waals surface area contributed by atoms with Crippen molar-refractivity contribution in [3.63, 3.8) is 0 Å². The molecule has 1 atom stereocenters. The second-order valence-electron chi connectivity index (χ2n) is 5.61. The van der Waals surface area contributed by atoms with Crippen molar-refractivity contribution in [2.45, 2.75) is 69.9 Å². The van der Waals surface area contributed by atoms with E-state index in [-0.39, 0.29) is 17.5 Å². The molecule has 2 aliphatic rings. The maximum atomic E-state index is 12.1. The molecular weight excluding hydrogens is 200 g/mol. The van der Waals surface area contributed by atoms with Gasteiger partial charge in [0.2, 0.25) is 5.91 Å². The molecule has 1 saturated heterocycles. The van der Waals surface area contributed by atoms with Gasteiger partial charge in [0.25, 0.3) is 0 Å². The van der Waals surface area contributed by atoms with Crippen LogP contribution in [0.25, 0.3) is 0 Å². The minimum absolute atomic E-state index is 0.0555. The molecule has 1 unspecified atom stereocenters. The molecule has 0 aromatic heterocycles. The largest absolute Gasteiger partial charge is 0.350 e. The molecule has 3 nitrogen and oxygen atoms in total. The Morgan fingerprint density at radius 3 is 2.69 bits per heavy atom. The number of amides is 1. The molecule has 2 fully saturated rings. The predicted octanol–water partition coefficient (Wildman–Crippen LogP) is 1.97. The first-order chi connectivity index (χ1) is 7.70. The highest BCUT2D eigenvalue weighted by Crippen LogP contribution is 2.29. The lowest BCUT2D eigenvalue weighted by molar-refractivity contribution is -0.125. The second kappa shape index (κ2) is 5.17. The van der Waals surface area contributed by atoms with Crippen molar-refractivity contribution < 1.29 is 4.79 Å². The third-order valence-electron chi connectivity index (χ3n) is 4.01. The molecule has 0 aromatic rings. The Bertz CT molecular complexity index is 238. The predicted molar refractivity (Wildman–Crippen MR) is 65.3 cm³/mol. The van der Waals surface area contributed by atoms with Gasteiger partial charge >= 0.3 is 0 Å². The quantitative estimate of drug-likeness (QED) is 0.753. The maximum Gasteiger partial charge on any atom is 0.237 e. The van der Waals surface area contributed by atoms with Crippen LogP contribution >= 0.6 is 0 Å². The summed E-state index contributed by atoms with van der Waals surface area (Å²) in [6.07, 6.45) is 9.46. The summed E-state index contributed by atoms with van der Waals surface area (Å²) in [5, 5.41) is 6.61. The number of carbonyl (C=O) groups excluding carboxylic acids is 1. The van der Waals surface area contributed by atoms with Gasteiger partial charge in [0.05, 0.1) is 6.04 Å². The van der Waals surface area contributed by atoms with Crippen LogP contribution in [-0.2, 0) is 4.79 Å². The Morgan fingerprint density at radius 2 is 1.94 bits per heavy atom. The molecule has 2 rings (SSSR count). The minimum Gasteiger partial charge on any atom is -0.350 e. The van der Waals surface area contributed by atoms with Crippen molar-refractivity contribution in [2.75, 3.05) is 6.54 Å². The van der Waals surface area contributed by atoms with Crippen molar-refractivity contribution in [3.05, 3.63) is 0 Å². The van der Waals surface area contributed by atoms with Crippen molar-refractivity contribution in [1.82, 2.24) is 10.6 Å². The fraction of sp³-hybridized carbons (Fsp3) is 0.923. The van der Waals surface area contributed by atoms with Crippen molar-refractivity contribution in [2.24, 2.45) is 0 Å². The molecule has 1 amide bonds. The molecule has 1 saturated carbocycles. The Hall–Kier alpha value is -0.570. The van der Waals surface area contributed by atoms with E-state index >= 15 is 0 Å². The normalized spacial score (nSPS) is 29.7. The third-order valence-corrected chi connectivity index (χ3v) is 4.01. The Balaban J connectivity index is 1.86. The van der Waals surface area contributed by atoms with Gasteiger partial charge in [-0.25, -0.2) is 0 Å². The molecule has 3 heteroatoms. The average Bonchev–Trinajstić information content (AvgIpc) is 2.56. The second-order valence-corrected chi connectivity index (χ2v) is 5.61. The fourth-order valence-corrected chi connectivity index (χ4v) is 2.92. The third kappa shape index (κ3) is 2.97. The summed E-state index contributed by atoms with van der Waals surface area (Å²) in [6.45, 7) is 3.18. The SMILES string of the molecule is CC1(NC(=O)C2CCCCCN2)CCCC1. The molecule has 0 spiro atoms. The first-order valence-electron chi connectivity index (χ1n) is 6.75. The lowest BCUT2D eigenvalue weighted by Gasteiger charge is -2.28. The van der Waals surface area contributed by atoms with E-state index in [0.717, 1.165) is 25.8 Å². The monoisotopic (exact) mass is 224 g/mol. The molecule has 16 heavy (non-hydrogen) atoms. The zero-order valence-electron chi connectivity index (χ0n) is 10.3. The van der Waals surface area contributed by atoms with Crippen LogP contribution in [0.3, 0.4) is 0 Å². The topological polar surface area (TPSA) is 41.1 Å². The average molecular weight is 224 g/mol. The lowest BCUT2D eigenvalue weighted by Crippen LogP contribution is -2.52. The van der Waals surface area contributed by atoms with Crippen LogP contribution in [0.5, 0.6) is 0 Å². The van der Waals surface area contributed by atoms with Gasteiger partial charge in [-0.15, -0.1) is 0 Å². The Kier molecular flexibility index (Phi) is 3.85. The van der Waals surface area contributed by atoms with Crippen molar-refractivity contribution in [1.29, 1.82) is 0 Å². The summed E-state index contributed by atoms with van der Waals surface area (Å²) >= 11 is 0. The number of hydrogen-bond donors (Lipinski definition) is 2. The van der Waals surface area contributed by atoms with Crippen molar-refractivity contribution >= 4 is 5.91 Å². The van der Waals surface area contributed by atoms with Crippen LogP contribution in [0.1, 0.15) is 58.3 Å². The molecule has 92 valence electrons. The lowest BCUT2D eigenvalue weighted by atomic mass is 9.99. The number of carbonyl (C=O) groups is 1. The van der Waals surface area contributed by atoms with Gasteiger partial charge in [0.1, 0.15) is 0 Å². The molecule has 2 N–H and O–H groups in total. The summed E-state index contributed by atoms with van der Waals surface area (Å²) in [4.78, 5) is 12.1. The highest BCUT2D eigenvalue weighted by atomic mass is 16.2. The summed E-state index contributed by atoms with van der Waals surface area (Å²) in [5.41, 5.74) is 0.0745. The van der Waals surface area contributed by atoms with Gasteiger partial charge in [-0.2, -0.15) is 0 Å². The van der Waals surface area contributed by atoms with E-state index in [4.69, 9.17) is 0 Å². The van der Waals surface area contributed by atoms with E-state index in [1.165, 1.54) is 32.1 Å². The Labute approximate surface area is 98.4 Å². The first-order valence-corrected chi connectivity index (χ1v) is 6.75. The minimum atomic E-state index is 0.0555. The molecule has 1 aliphatic carbocycles. The standard InChI is InChI=1S/C13H24N2O/c1-13(8-4-5-9-13)15-12(16)11-7-3-2-6-10-14-11/h11,14H,2-10H2,1H3,(H,15,16). The maximum absolute atomic E-state index is 12.1. The molecule has 0 bridgehead atoms. The molecular formula is C13H24N2O. The molecule has 0 radical (unpaired) electrons. The first kappa shape index (κ1) is 11.9. The van der Waals surface area contributed by atoms with Crippen LogP contribution in [0.2, 0.25) is 0 Å². The molecule has 0 aromatic carbocycles. The molecule has 1 aliphatic heterocycles. The van der Waals surface area contributed by atoms with Crippen LogP contribution in [0.4, 0.5) is 0 Å². The van der Waals surface area contributed by atoms with E-state index < -0.39 is 0 Å². The summed E-state index contributed by atoms with van der Waals surface area (Å²) in [5.74, 6) is 0.228. The van der Waals surface area contributed by atoms with Gasteiger partial charge in [0, 0.05) is 5.54 Å². The van der Waals surface area contributed by atoms with E-state index in [1.54, 1.807) is 0 Å². The smallest absolute Gasteiger partial charge is 0.237 e. The van der Waals surface area contributed by atoms with Crippen molar-refractivity contribution in [3.8, 4) is 0 Å². The molecule has 1 heterocycles. The highest BCUT2D eigenvalue weighted by Gasteiger charge is 2.32. The summed E-state index contributed by atoms with van der Waals surface area (Å²) in [7, 11) is 0. The van der Waals surface area contributed by atoms with E-state index in [0.29, 0.717) is 0 Å². The van der Waals surface area contributed by atoms with E-state index in [9.17, 15) is 4.79 Å². The number of rotatable bonds is 2. The zero-order chi connectivity index (χ0) is 11.4. The van der Waals surface area contributed by atoms with Gasteiger partial charge in [-0.3, -0.25) is 4.79 Å². The summed E-state index contributed by atoms with van der Waals surface area (Å²) in [6, 6.07) is 0.0555. The van der Waals surface area contributed by atoms with Crippen LogP contribution in [0.15, 0.2) is 0 Å². The van der Waals surface area contributed by atoms with Gasteiger partial charge in [-0.1, -0.05) is 25.7 Å². The van der Waals surface area contributed by atoms with E-state index in [1.807, 2.05) is 0 Å². The highest BCUT2D eigenvalue weighted by molar-refractivity contribution is 5.82. The van der Waals surface area contributed by atoms with Crippen LogP contribution in [0, 0.1) is 0 Å². The summed E-state index contributed by atoms with van der Waals surface area (Å²) < 4.78 is 0. The fourth-order valence-electron chi connectivity index (χ4n) is 2.92. The Morgan fingerprint density at radius 1 is 1.19 bits per heavy atom. The van der Waals surface area contributed by atoms with E-state index in [2.05, 4.69) is 17.6 Å².